The zero-order chi connectivity index (χ0) is 13.0. The SMILES string of the molecule is CCc1c(C)c(CC)[n+](CC)c(CC)c1CC. The fraction of sp³-hybridized carbons (Fsp3) is 0.688. The average Bonchev–Trinajstić information content (AvgIpc) is 2.36. The van der Waals surface area contributed by atoms with Crippen LogP contribution in [0.1, 0.15) is 62.7 Å². The minimum Gasteiger partial charge on any atom is -0.200 e. The van der Waals surface area contributed by atoms with Crippen LogP contribution in [0.25, 0.3) is 0 Å². The summed E-state index contributed by atoms with van der Waals surface area (Å²) in [6.45, 7) is 14.8. The molecule has 0 aliphatic heterocycles. The maximum absolute atomic E-state index is 2.55. The summed E-state index contributed by atoms with van der Waals surface area (Å²) in [7, 11) is 0. The van der Waals surface area contributed by atoms with Crippen LogP contribution in [-0.2, 0) is 32.2 Å². The molecule has 0 unspecified atom stereocenters. The van der Waals surface area contributed by atoms with Crippen LogP contribution in [0, 0.1) is 6.92 Å². The van der Waals surface area contributed by atoms with Crippen molar-refractivity contribution in [3.63, 3.8) is 0 Å². The van der Waals surface area contributed by atoms with Gasteiger partial charge in [-0.1, -0.05) is 27.7 Å². The predicted molar refractivity (Wildman–Crippen MR) is 74.6 cm³/mol. The first-order valence-corrected chi connectivity index (χ1v) is 7.21. The fourth-order valence-corrected chi connectivity index (χ4v) is 3.24. The van der Waals surface area contributed by atoms with E-state index in [1.165, 1.54) is 12.0 Å². The van der Waals surface area contributed by atoms with Crippen LogP contribution < -0.4 is 4.57 Å². The highest BCUT2D eigenvalue weighted by Crippen LogP contribution is 2.21. The Hall–Kier alpha value is -0.850. The normalized spacial score (nSPS) is 10.9. The number of hydrogen-bond acceptors (Lipinski definition) is 0. The van der Waals surface area contributed by atoms with Gasteiger partial charge in [-0.3, -0.25) is 0 Å². The van der Waals surface area contributed by atoms with Gasteiger partial charge in [0, 0.05) is 24.0 Å². The molecule has 0 fully saturated rings. The third-order valence-corrected chi connectivity index (χ3v) is 3.94. The van der Waals surface area contributed by atoms with Gasteiger partial charge in [-0.15, -0.1) is 0 Å². The highest BCUT2D eigenvalue weighted by atomic mass is 15.0. The van der Waals surface area contributed by atoms with Gasteiger partial charge in [0.2, 0.25) is 0 Å². The van der Waals surface area contributed by atoms with E-state index >= 15 is 0 Å². The van der Waals surface area contributed by atoms with Crippen LogP contribution in [0.2, 0.25) is 0 Å². The van der Waals surface area contributed by atoms with Crippen LogP contribution in [0.3, 0.4) is 0 Å². The summed E-state index contributed by atoms with van der Waals surface area (Å²) in [4.78, 5) is 0. The lowest BCUT2D eigenvalue weighted by atomic mass is 9.93. The van der Waals surface area contributed by atoms with Crippen molar-refractivity contribution in [2.45, 2.75) is 73.8 Å². The molecule has 0 radical (unpaired) electrons. The van der Waals surface area contributed by atoms with Gasteiger partial charge in [0.15, 0.2) is 11.4 Å². The number of hydrogen-bond donors (Lipinski definition) is 0. The molecular weight excluding hydrogens is 206 g/mol. The summed E-state index contributed by atoms with van der Waals surface area (Å²) < 4.78 is 2.55. The summed E-state index contributed by atoms with van der Waals surface area (Å²) in [6, 6.07) is 0. The summed E-state index contributed by atoms with van der Waals surface area (Å²) >= 11 is 0. The Balaban J connectivity index is 3.66. The van der Waals surface area contributed by atoms with Crippen LogP contribution in [0.4, 0.5) is 0 Å². The van der Waals surface area contributed by atoms with E-state index in [2.05, 4.69) is 46.1 Å². The molecule has 0 aliphatic rings. The van der Waals surface area contributed by atoms with Crippen molar-refractivity contribution in [3.8, 4) is 0 Å². The van der Waals surface area contributed by atoms with E-state index < -0.39 is 0 Å². The zero-order valence-electron chi connectivity index (χ0n) is 12.5. The van der Waals surface area contributed by atoms with Gasteiger partial charge in [0.25, 0.3) is 0 Å². The second-order valence-corrected chi connectivity index (χ2v) is 4.63. The van der Waals surface area contributed by atoms with Gasteiger partial charge in [-0.05, 0) is 32.3 Å². The lowest BCUT2D eigenvalue weighted by Crippen LogP contribution is -2.44. The highest BCUT2D eigenvalue weighted by Gasteiger charge is 2.23. The average molecular weight is 234 g/mol. The first-order chi connectivity index (χ1) is 8.15. The topological polar surface area (TPSA) is 3.88 Å². The molecule has 1 heteroatoms. The van der Waals surface area contributed by atoms with Crippen LogP contribution in [-0.4, -0.2) is 0 Å². The number of nitrogens with zero attached hydrogens (tertiary/aromatic N) is 1. The second-order valence-electron chi connectivity index (χ2n) is 4.63. The number of pyridine rings is 1. The Labute approximate surface area is 107 Å². The van der Waals surface area contributed by atoms with E-state index in [4.69, 9.17) is 0 Å². The van der Waals surface area contributed by atoms with Crippen molar-refractivity contribution in [3.05, 3.63) is 28.1 Å². The van der Waals surface area contributed by atoms with E-state index in [-0.39, 0.29) is 0 Å². The van der Waals surface area contributed by atoms with E-state index in [1.54, 1.807) is 22.5 Å². The van der Waals surface area contributed by atoms with Crippen molar-refractivity contribution in [1.29, 1.82) is 0 Å². The summed E-state index contributed by atoms with van der Waals surface area (Å²) in [5.74, 6) is 0. The van der Waals surface area contributed by atoms with Crippen molar-refractivity contribution < 1.29 is 4.57 Å². The molecule has 1 heterocycles. The maximum atomic E-state index is 2.55. The minimum atomic E-state index is 1.10. The Kier molecular flexibility index (Phi) is 5.17. The fourth-order valence-electron chi connectivity index (χ4n) is 3.24. The van der Waals surface area contributed by atoms with E-state index in [1.807, 2.05) is 0 Å². The molecule has 0 bridgehead atoms. The molecule has 96 valence electrons. The van der Waals surface area contributed by atoms with Crippen molar-refractivity contribution in [2.75, 3.05) is 0 Å². The molecule has 0 aliphatic carbocycles. The van der Waals surface area contributed by atoms with Crippen LogP contribution in [0.5, 0.6) is 0 Å². The molecule has 0 spiro atoms. The first kappa shape index (κ1) is 14.2. The van der Waals surface area contributed by atoms with Gasteiger partial charge < -0.3 is 0 Å². The Morgan fingerprint density at radius 2 is 1.24 bits per heavy atom. The van der Waals surface area contributed by atoms with E-state index in [9.17, 15) is 0 Å². The first-order valence-electron chi connectivity index (χ1n) is 7.21. The van der Waals surface area contributed by atoms with Crippen molar-refractivity contribution >= 4 is 0 Å². The molecule has 0 saturated heterocycles. The molecule has 1 nitrogen and oxygen atoms in total. The Morgan fingerprint density at radius 3 is 1.59 bits per heavy atom. The third kappa shape index (κ3) is 2.38. The van der Waals surface area contributed by atoms with E-state index in [0.29, 0.717) is 0 Å². The highest BCUT2D eigenvalue weighted by molar-refractivity contribution is 5.37. The molecule has 0 saturated carbocycles. The molecule has 0 atom stereocenters. The summed E-state index contributed by atoms with van der Waals surface area (Å²) in [5.41, 5.74) is 7.84. The molecule has 0 N–H and O–H groups in total. The quantitative estimate of drug-likeness (QED) is 0.686. The van der Waals surface area contributed by atoms with Gasteiger partial charge in [0.1, 0.15) is 6.54 Å². The molecule has 1 aromatic heterocycles. The van der Waals surface area contributed by atoms with Crippen molar-refractivity contribution in [1.82, 2.24) is 0 Å². The molecule has 17 heavy (non-hydrogen) atoms. The van der Waals surface area contributed by atoms with Crippen molar-refractivity contribution in [2.24, 2.45) is 0 Å². The Morgan fingerprint density at radius 1 is 0.706 bits per heavy atom. The molecule has 0 amide bonds. The second kappa shape index (κ2) is 6.18. The molecule has 1 rings (SSSR count). The number of aromatic nitrogens is 1. The monoisotopic (exact) mass is 234 g/mol. The van der Waals surface area contributed by atoms with E-state index in [0.717, 1.165) is 25.8 Å². The maximum Gasteiger partial charge on any atom is 0.184 e. The predicted octanol–water partition coefficient (Wildman–Crippen LogP) is 3.55. The number of rotatable bonds is 5. The third-order valence-electron chi connectivity index (χ3n) is 3.94. The lowest BCUT2D eigenvalue weighted by Gasteiger charge is -2.17. The van der Waals surface area contributed by atoms with Crippen LogP contribution in [0.15, 0.2) is 0 Å². The molecule has 1 aromatic rings. The zero-order valence-corrected chi connectivity index (χ0v) is 12.5. The van der Waals surface area contributed by atoms with Gasteiger partial charge in [0.05, 0.1) is 0 Å². The van der Waals surface area contributed by atoms with Gasteiger partial charge >= 0.3 is 0 Å². The van der Waals surface area contributed by atoms with Gasteiger partial charge in [-0.2, -0.15) is 4.57 Å². The molecular formula is C16H28N+. The Bertz CT molecular complexity index is 358. The summed E-state index contributed by atoms with van der Waals surface area (Å²) in [5, 5.41) is 0. The van der Waals surface area contributed by atoms with Gasteiger partial charge in [-0.25, -0.2) is 0 Å². The smallest absolute Gasteiger partial charge is 0.184 e. The molecule has 0 aromatic carbocycles. The summed E-state index contributed by atoms with van der Waals surface area (Å²) in [6.07, 6.45) is 4.62. The minimum absolute atomic E-state index is 1.10. The van der Waals surface area contributed by atoms with Crippen LogP contribution >= 0.6 is 0 Å². The lowest BCUT2D eigenvalue weighted by molar-refractivity contribution is -0.708. The largest absolute Gasteiger partial charge is 0.200 e. The standard InChI is InChI=1S/C16H28N/c1-7-13-12(6)15(9-3)17(11-5)16(10-4)14(13)8-2/h7-11H2,1-6H3/q+1.